The summed E-state index contributed by atoms with van der Waals surface area (Å²) in [7, 11) is 0.671. The molecule has 0 aliphatic rings. The average molecular weight is 329 g/mol. The van der Waals surface area contributed by atoms with Crippen LogP contribution in [0.1, 0.15) is 15.2 Å². The second-order valence-corrected chi connectivity index (χ2v) is 7.32. The number of carbonyl (C=O) groups is 1. The fourth-order valence-corrected chi connectivity index (χ4v) is 4.27. The molecule has 0 amide bonds. The van der Waals surface area contributed by atoms with Crippen LogP contribution in [0.15, 0.2) is 28.7 Å². The zero-order valence-corrected chi connectivity index (χ0v) is 13.4. The number of nitrogens with zero attached hydrogens (tertiary/aromatic N) is 3. The van der Waals surface area contributed by atoms with E-state index in [1.807, 2.05) is 0 Å². The van der Waals surface area contributed by atoms with Gasteiger partial charge in [0.2, 0.25) is 10.0 Å². The highest BCUT2D eigenvalue weighted by Gasteiger charge is 2.28. The SMILES string of the molecule is COC(=O)c1sccc1S(=O)(=O)N(C)Cc1cnn(C)c1. The zero-order valence-electron chi connectivity index (χ0n) is 11.8. The summed E-state index contributed by atoms with van der Waals surface area (Å²) in [5.41, 5.74) is 0.762. The van der Waals surface area contributed by atoms with Gasteiger partial charge in [-0.3, -0.25) is 4.68 Å². The first-order valence-electron chi connectivity index (χ1n) is 5.96. The average Bonchev–Trinajstić information content (AvgIpc) is 3.07. The van der Waals surface area contributed by atoms with Gasteiger partial charge in [0.25, 0.3) is 0 Å². The molecule has 9 heteroatoms. The molecule has 0 unspecified atom stereocenters. The lowest BCUT2D eigenvalue weighted by Crippen LogP contribution is -2.27. The van der Waals surface area contributed by atoms with Gasteiger partial charge in [0.1, 0.15) is 9.77 Å². The molecule has 0 saturated carbocycles. The van der Waals surface area contributed by atoms with Crippen LogP contribution in [0, 0.1) is 0 Å². The van der Waals surface area contributed by atoms with E-state index in [4.69, 9.17) is 0 Å². The molecule has 2 heterocycles. The van der Waals surface area contributed by atoms with Gasteiger partial charge in [0.15, 0.2) is 0 Å². The third kappa shape index (κ3) is 3.14. The van der Waals surface area contributed by atoms with E-state index >= 15 is 0 Å². The molecule has 21 heavy (non-hydrogen) atoms. The smallest absolute Gasteiger partial charge is 0.349 e. The summed E-state index contributed by atoms with van der Waals surface area (Å²) >= 11 is 1.04. The standard InChI is InChI=1S/C12H15N3O4S2/c1-14-7-9(6-13-14)8-15(2)21(17,18)10-4-5-20-11(10)12(16)19-3/h4-7H,8H2,1-3H3. The first kappa shape index (κ1) is 15.7. The van der Waals surface area contributed by atoms with Crippen molar-refractivity contribution in [3.05, 3.63) is 34.3 Å². The van der Waals surface area contributed by atoms with Crippen LogP contribution in [0.5, 0.6) is 0 Å². The van der Waals surface area contributed by atoms with Gasteiger partial charge in [0, 0.05) is 32.4 Å². The molecule has 0 N–H and O–H groups in total. The number of aromatic nitrogens is 2. The molecule has 2 aromatic rings. The summed E-state index contributed by atoms with van der Waals surface area (Å²) in [6.45, 7) is 0.173. The minimum absolute atomic E-state index is 0.0364. The van der Waals surface area contributed by atoms with Crippen molar-refractivity contribution in [3.8, 4) is 0 Å². The predicted octanol–water partition coefficient (Wildman–Crippen LogP) is 1.09. The number of sulfonamides is 1. The first-order valence-corrected chi connectivity index (χ1v) is 8.28. The van der Waals surface area contributed by atoms with Crippen LogP contribution < -0.4 is 0 Å². The van der Waals surface area contributed by atoms with E-state index in [1.54, 1.807) is 29.5 Å². The lowest BCUT2D eigenvalue weighted by Gasteiger charge is -2.16. The molecule has 0 saturated heterocycles. The summed E-state index contributed by atoms with van der Waals surface area (Å²) in [5, 5.41) is 5.55. The van der Waals surface area contributed by atoms with Gasteiger partial charge in [-0.15, -0.1) is 11.3 Å². The Bertz CT molecular complexity index is 748. The Labute approximate surface area is 126 Å². The number of methoxy groups -OCH3 is 1. The van der Waals surface area contributed by atoms with Gasteiger partial charge in [-0.1, -0.05) is 0 Å². The summed E-state index contributed by atoms with van der Waals surface area (Å²) in [6, 6.07) is 1.41. The molecule has 0 aliphatic heterocycles. The maximum absolute atomic E-state index is 12.5. The number of aryl methyl sites for hydroxylation is 1. The normalized spacial score (nSPS) is 11.8. The van der Waals surface area contributed by atoms with Gasteiger partial charge in [-0.05, 0) is 11.4 Å². The van der Waals surface area contributed by atoms with E-state index in [0.29, 0.717) is 0 Å². The van der Waals surface area contributed by atoms with Crippen molar-refractivity contribution in [2.24, 2.45) is 7.05 Å². The van der Waals surface area contributed by atoms with Gasteiger partial charge in [0.05, 0.1) is 13.3 Å². The summed E-state index contributed by atoms with van der Waals surface area (Å²) in [6.07, 6.45) is 3.34. The minimum atomic E-state index is -3.76. The van der Waals surface area contributed by atoms with Gasteiger partial charge in [-0.2, -0.15) is 9.40 Å². The van der Waals surface area contributed by atoms with Crippen molar-refractivity contribution in [3.63, 3.8) is 0 Å². The molecule has 2 aromatic heterocycles. The molecular formula is C12H15N3O4S2. The quantitative estimate of drug-likeness (QED) is 0.767. The number of thiophene rings is 1. The van der Waals surface area contributed by atoms with E-state index in [-0.39, 0.29) is 16.3 Å². The molecular weight excluding hydrogens is 314 g/mol. The van der Waals surface area contributed by atoms with Crippen molar-refractivity contribution >= 4 is 27.3 Å². The molecule has 0 aromatic carbocycles. The minimum Gasteiger partial charge on any atom is -0.465 e. The number of ether oxygens (including phenoxy) is 1. The second kappa shape index (κ2) is 5.96. The second-order valence-electron chi connectivity index (χ2n) is 4.39. The summed E-state index contributed by atoms with van der Waals surface area (Å²) in [5.74, 6) is -0.654. The topological polar surface area (TPSA) is 81.5 Å². The Balaban J connectivity index is 2.29. The van der Waals surface area contributed by atoms with Gasteiger partial charge in [-0.25, -0.2) is 13.2 Å². The fraction of sp³-hybridized carbons (Fsp3) is 0.333. The van der Waals surface area contributed by atoms with Crippen LogP contribution in [0.4, 0.5) is 0 Å². The lowest BCUT2D eigenvalue weighted by molar-refractivity contribution is 0.0602. The summed E-state index contributed by atoms with van der Waals surface area (Å²) < 4.78 is 32.5. The van der Waals surface area contributed by atoms with E-state index < -0.39 is 16.0 Å². The Hall–Kier alpha value is -1.71. The third-order valence-electron chi connectivity index (χ3n) is 2.85. The number of carbonyl (C=O) groups excluding carboxylic acids is 1. The van der Waals surface area contributed by atoms with E-state index in [0.717, 1.165) is 16.9 Å². The highest BCUT2D eigenvalue weighted by molar-refractivity contribution is 7.89. The highest BCUT2D eigenvalue weighted by atomic mass is 32.2. The van der Waals surface area contributed by atoms with Crippen molar-refractivity contribution in [2.75, 3.05) is 14.2 Å². The predicted molar refractivity (Wildman–Crippen MR) is 77.5 cm³/mol. The van der Waals surface area contributed by atoms with E-state index in [9.17, 15) is 13.2 Å². The monoisotopic (exact) mass is 329 g/mol. The number of rotatable bonds is 5. The lowest BCUT2D eigenvalue weighted by atomic mass is 10.4. The number of hydrogen-bond donors (Lipinski definition) is 0. The van der Waals surface area contributed by atoms with Crippen LogP contribution in [0.25, 0.3) is 0 Å². The highest BCUT2D eigenvalue weighted by Crippen LogP contribution is 2.26. The van der Waals surface area contributed by atoms with Crippen molar-refractivity contribution in [2.45, 2.75) is 11.4 Å². The molecule has 0 aliphatic carbocycles. The Kier molecular flexibility index (Phi) is 4.45. The molecule has 0 spiro atoms. The van der Waals surface area contributed by atoms with E-state index in [2.05, 4.69) is 9.84 Å². The van der Waals surface area contributed by atoms with Crippen molar-refractivity contribution in [1.29, 1.82) is 0 Å². The number of esters is 1. The number of hydrogen-bond acceptors (Lipinski definition) is 6. The third-order valence-corrected chi connectivity index (χ3v) is 5.72. The molecule has 7 nitrogen and oxygen atoms in total. The van der Waals surface area contributed by atoms with Crippen molar-refractivity contribution < 1.29 is 17.9 Å². The molecule has 2 rings (SSSR count). The van der Waals surface area contributed by atoms with Crippen LogP contribution >= 0.6 is 11.3 Å². The molecule has 0 bridgehead atoms. The molecule has 0 radical (unpaired) electrons. The molecule has 0 fully saturated rings. The van der Waals surface area contributed by atoms with E-state index in [1.165, 1.54) is 24.5 Å². The van der Waals surface area contributed by atoms with Crippen LogP contribution in [0.3, 0.4) is 0 Å². The summed E-state index contributed by atoms with van der Waals surface area (Å²) in [4.78, 5) is 11.7. The van der Waals surface area contributed by atoms with Crippen LogP contribution in [-0.4, -0.2) is 42.6 Å². The van der Waals surface area contributed by atoms with Crippen LogP contribution in [-0.2, 0) is 28.4 Å². The Morgan fingerprint density at radius 1 is 1.52 bits per heavy atom. The zero-order chi connectivity index (χ0) is 15.6. The van der Waals surface area contributed by atoms with Gasteiger partial charge >= 0.3 is 5.97 Å². The largest absolute Gasteiger partial charge is 0.465 e. The molecule has 0 atom stereocenters. The Morgan fingerprint density at radius 2 is 2.24 bits per heavy atom. The maximum atomic E-state index is 12.5. The maximum Gasteiger partial charge on any atom is 0.349 e. The molecule has 114 valence electrons. The first-order chi connectivity index (χ1) is 9.86. The fourth-order valence-electron chi connectivity index (χ4n) is 1.81. The van der Waals surface area contributed by atoms with Crippen LogP contribution in [0.2, 0.25) is 0 Å². The Morgan fingerprint density at radius 3 is 2.81 bits per heavy atom. The van der Waals surface area contributed by atoms with Crippen molar-refractivity contribution in [1.82, 2.24) is 14.1 Å². The van der Waals surface area contributed by atoms with Gasteiger partial charge < -0.3 is 4.74 Å².